The average Bonchev–Trinajstić information content (AvgIpc) is 3.07. The molecule has 0 spiro atoms. The van der Waals surface area contributed by atoms with E-state index in [0.717, 1.165) is 19.3 Å². The molecule has 6 heteroatoms. The van der Waals surface area contributed by atoms with Crippen molar-refractivity contribution in [1.29, 1.82) is 0 Å². The number of nitrogens with zero attached hydrogens (tertiary/aromatic N) is 3. The summed E-state index contributed by atoms with van der Waals surface area (Å²) in [4.78, 5) is 25.8. The summed E-state index contributed by atoms with van der Waals surface area (Å²) in [6.45, 7) is 9.76. The second-order valence-electron chi connectivity index (χ2n) is 8.95. The van der Waals surface area contributed by atoms with Gasteiger partial charge in [0.1, 0.15) is 5.56 Å². The van der Waals surface area contributed by atoms with E-state index in [2.05, 4.69) is 50.1 Å². The van der Waals surface area contributed by atoms with Gasteiger partial charge >= 0.3 is 5.97 Å². The van der Waals surface area contributed by atoms with Gasteiger partial charge in [-0.1, -0.05) is 45.0 Å². The molecule has 29 heavy (non-hydrogen) atoms. The van der Waals surface area contributed by atoms with Crippen LogP contribution in [0.2, 0.25) is 0 Å². The second-order valence-corrected chi connectivity index (χ2v) is 8.95. The van der Waals surface area contributed by atoms with E-state index in [1.54, 1.807) is 6.92 Å². The number of piperidine rings is 1. The summed E-state index contributed by atoms with van der Waals surface area (Å²) >= 11 is 0. The van der Waals surface area contributed by atoms with Crippen LogP contribution in [0.3, 0.4) is 0 Å². The molecule has 1 fully saturated rings. The first-order chi connectivity index (χ1) is 13.7. The van der Waals surface area contributed by atoms with Crippen LogP contribution in [-0.2, 0) is 16.6 Å². The normalized spacial score (nSPS) is 15.5. The number of aryl methyl sites for hydroxylation is 1. The molecule has 0 aliphatic carbocycles. The lowest BCUT2D eigenvalue weighted by Crippen LogP contribution is -2.39. The molecule has 1 aromatic heterocycles. The molecule has 0 atom stereocenters. The van der Waals surface area contributed by atoms with E-state index in [1.807, 2.05) is 9.58 Å². The maximum atomic E-state index is 12.6. The van der Waals surface area contributed by atoms with E-state index < -0.39 is 5.97 Å². The average molecular weight is 398 g/mol. The summed E-state index contributed by atoms with van der Waals surface area (Å²) in [6, 6.07) is 8.71. The number of carbonyl (C=O) groups is 2. The van der Waals surface area contributed by atoms with Crippen LogP contribution >= 0.6 is 0 Å². The van der Waals surface area contributed by atoms with Crippen LogP contribution in [0, 0.1) is 6.92 Å². The van der Waals surface area contributed by atoms with Crippen molar-refractivity contribution < 1.29 is 14.7 Å². The molecule has 0 radical (unpaired) electrons. The number of benzene rings is 1. The molecular formula is C23H31N3O3. The molecule has 1 aliphatic heterocycles. The molecule has 1 aromatic carbocycles. The minimum atomic E-state index is -0.947. The lowest BCUT2D eigenvalue weighted by molar-refractivity contribution is -0.132. The van der Waals surface area contributed by atoms with Gasteiger partial charge in [0.2, 0.25) is 5.91 Å². The molecule has 6 nitrogen and oxygen atoms in total. The summed E-state index contributed by atoms with van der Waals surface area (Å²) in [5.74, 6) is -0.761. The number of aromatic nitrogens is 2. The predicted octanol–water partition coefficient (Wildman–Crippen LogP) is 3.98. The fourth-order valence-electron chi connectivity index (χ4n) is 3.94. The number of hydrogen-bond donors (Lipinski definition) is 1. The molecule has 1 amide bonds. The highest BCUT2D eigenvalue weighted by Crippen LogP contribution is 2.26. The quantitative estimate of drug-likeness (QED) is 0.828. The highest BCUT2D eigenvalue weighted by Gasteiger charge is 2.26. The Morgan fingerprint density at radius 2 is 1.76 bits per heavy atom. The predicted molar refractivity (Wildman–Crippen MR) is 112 cm³/mol. The fourth-order valence-corrected chi connectivity index (χ4v) is 3.94. The van der Waals surface area contributed by atoms with Gasteiger partial charge in [-0.05, 0) is 42.7 Å². The first-order valence-electron chi connectivity index (χ1n) is 10.3. The molecule has 3 rings (SSSR count). The Morgan fingerprint density at radius 1 is 1.14 bits per heavy atom. The zero-order valence-corrected chi connectivity index (χ0v) is 17.8. The van der Waals surface area contributed by atoms with Gasteiger partial charge in [0.05, 0.1) is 17.9 Å². The first-order valence-corrected chi connectivity index (χ1v) is 10.3. The molecule has 2 aromatic rings. The topological polar surface area (TPSA) is 75.4 Å². The SMILES string of the molecule is Cc1c(C(=O)O)cnn1C1CCN(C(=O)CCc2ccc(C(C)(C)C)cc2)CC1. The summed E-state index contributed by atoms with van der Waals surface area (Å²) < 4.78 is 1.81. The lowest BCUT2D eigenvalue weighted by Gasteiger charge is -2.32. The number of carboxylic acid groups (broad SMARTS) is 1. The van der Waals surface area contributed by atoms with E-state index in [-0.39, 0.29) is 22.9 Å². The molecule has 1 saturated heterocycles. The van der Waals surface area contributed by atoms with E-state index in [1.165, 1.54) is 17.3 Å². The number of hydrogen-bond acceptors (Lipinski definition) is 3. The van der Waals surface area contributed by atoms with Gasteiger partial charge in [0.15, 0.2) is 0 Å². The van der Waals surface area contributed by atoms with Crippen molar-refractivity contribution in [2.75, 3.05) is 13.1 Å². The molecule has 1 N–H and O–H groups in total. The van der Waals surface area contributed by atoms with Crippen molar-refractivity contribution in [2.24, 2.45) is 0 Å². The molecule has 1 aliphatic rings. The number of carbonyl (C=O) groups excluding carboxylic acids is 1. The van der Waals surface area contributed by atoms with Gasteiger partial charge in [-0.25, -0.2) is 4.79 Å². The minimum absolute atomic E-state index is 0.136. The van der Waals surface area contributed by atoms with Gasteiger partial charge in [-0.15, -0.1) is 0 Å². The number of likely N-dealkylation sites (tertiary alicyclic amines) is 1. The Hall–Kier alpha value is -2.63. The standard InChI is InChI=1S/C23H31N3O3/c1-16-20(22(28)29)15-24-26(16)19-11-13-25(14-12-19)21(27)10-7-17-5-8-18(9-6-17)23(2,3)4/h5-6,8-9,15,19H,7,10-14H2,1-4H3,(H,28,29). The van der Waals surface area contributed by atoms with Gasteiger partial charge < -0.3 is 10.0 Å². The minimum Gasteiger partial charge on any atom is -0.478 e. The van der Waals surface area contributed by atoms with Crippen molar-refractivity contribution >= 4 is 11.9 Å². The van der Waals surface area contributed by atoms with E-state index in [9.17, 15) is 14.7 Å². The number of carboxylic acids is 1. The van der Waals surface area contributed by atoms with Crippen molar-refractivity contribution in [2.45, 2.75) is 64.8 Å². The van der Waals surface area contributed by atoms with Gasteiger partial charge in [0.25, 0.3) is 0 Å². The van der Waals surface area contributed by atoms with Gasteiger partial charge in [-0.2, -0.15) is 5.10 Å². The van der Waals surface area contributed by atoms with Crippen LogP contribution in [0.25, 0.3) is 0 Å². The lowest BCUT2D eigenvalue weighted by atomic mass is 9.86. The summed E-state index contributed by atoms with van der Waals surface area (Å²) in [7, 11) is 0. The van der Waals surface area contributed by atoms with E-state index in [4.69, 9.17) is 0 Å². The van der Waals surface area contributed by atoms with Crippen LogP contribution in [0.1, 0.15) is 73.3 Å². The van der Waals surface area contributed by atoms with Gasteiger partial charge in [-0.3, -0.25) is 9.48 Å². The Morgan fingerprint density at radius 3 is 2.28 bits per heavy atom. The molecule has 2 heterocycles. The van der Waals surface area contributed by atoms with Crippen molar-refractivity contribution in [1.82, 2.24) is 14.7 Å². The molecule has 156 valence electrons. The zero-order valence-electron chi connectivity index (χ0n) is 17.8. The van der Waals surface area contributed by atoms with Crippen LogP contribution in [0.4, 0.5) is 0 Å². The monoisotopic (exact) mass is 397 g/mol. The second kappa shape index (κ2) is 8.39. The van der Waals surface area contributed by atoms with E-state index >= 15 is 0 Å². The summed E-state index contributed by atoms with van der Waals surface area (Å²) in [5, 5.41) is 13.5. The highest BCUT2D eigenvalue weighted by molar-refractivity contribution is 5.88. The van der Waals surface area contributed by atoms with Crippen molar-refractivity contribution in [3.63, 3.8) is 0 Å². The first kappa shape index (κ1) is 21.1. The third-order valence-electron chi connectivity index (χ3n) is 5.89. The summed E-state index contributed by atoms with van der Waals surface area (Å²) in [5.41, 5.74) is 3.56. The highest BCUT2D eigenvalue weighted by atomic mass is 16.4. The third-order valence-corrected chi connectivity index (χ3v) is 5.89. The number of aromatic carboxylic acids is 1. The van der Waals surface area contributed by atoms with Crippen LogP contribution in [0.15, 0.2) is 30.5 Å². The molecule has 0 bridgehead atoms. The van der Waals surface area contributed by atoms with Gasteiger partial charge in [0, 0.05) is 19.5 Å². The van der Waals surface area contributed by atoms with Crippen LogP contribution in [0.5, 0.6) is 0 Å². The van der Waals surface area contributed by atoms with Crippen LogP contribution in [-0.4, -0.2) is 44.8 Å². The maximum absolute atomic E-state index is 12.6. The number of rotatable bonds is 5. The Labute approximate surface area is 172 Å². The number of amides is 1. The van der Waals surface area contributed by atoms with Crippen molar-refractivity contribution in [3.8, 4) is 0 Å². The Kier molecular flexibility index (Phi) is 6.10. The van der Waals surface area contributed by atoms with E-state index in [0.29, 0.717) is 25.2 Å². The smallest absolute Gasteiger partial charge is 0.339 e. The third kappa shape index (κ3) is 4.86. The Bertz CT molecular complexity index is 870. The Balaban J connectivity index is 1.51. The maximum Gasteiger partial charge on any atom is 0.339 e. The largest absolute Gasteiger partial charge is 0.478 e. The molecule has 0 saturated carbocycles. The zero-order chi connectivity index (χ0) is 21.2. The summed E-state index contributed by atoms with van der Waals surface area (Å²) in [6.07, 6.45) is 4.29. The van der Waals surface area contributed by atoms with Crippen LogP contribution < -0.4 is 0 Å². The van der Waals surface area contributed by atoms with Crippen molar-refractivity contribution in [3.05, 3.63) is 52.8 Å². The molecule has 0 unspecified atom stereocenters. The molecular weight excluding hydrogens is 366 g/mol. The fraction of sp³-hybridized carbons (Fsp3) is 0.522.